The van der Waals surface area contributed by atoms with Crippen LogP contribution < -0.4 is 5.32 Å². The number of nitrogens with one attached hydrogen (secondary N) is 1. The molecule has 0 aliphatic rings. The molecule has 0 fully saturated rings. The summed E-state index contributed by atoms with van der Waals surface area (Å²) in [6.45, 7) is 2.75. The van der Waals surface area contributed by atoms with Crippen LogP contribution in [0.5, 0.6) is 0 Å². The van der Waals surface area contributed by atoms with E-state index in [9.17, 15) is 14.7 Å². The van der Waals surface area contributed by atoms with Gasteiger partial charge < -0.3 is 15.5 Å². The van der Waals surface area contributed by atoms with Crippen molar-refractivity contribution in [2.45, 2.75) is 25.2 Å². The zero-order chi connectivity index (χ0) is 14.5. The molecule has 1 aromatic rings. The molecule has 0 saturated heterocycles. The summed E-state index contributed by atoms with van der Waals surface area (Å²) in [7, 11) is 0. The zero-order valence-corrected chi connectivity index (χ0v) is 12.3. The molecule has 3 N–H and O–H groups in total. The van der Waals surface area contributed by atoms with Gasteiger partial charge in [-0.3, -0.25) is 4.79 Å². The van der Waals surface area contributed by atoms with E-state index in [2.05, 4.69) is 10.3 Å². The van der Waals surface area contributed by atoms with E-state index in [0.29, 0.717) is 5.75 Å². The number of aliphatic carboxylic acids is 1. The number of thioether (sulfide) groups is 1. The number of aryl methyl sites for hydroxylation is 1. The molecule has 19 heavy (non-hydrogen) atoms. The van der Waals surface area contributed by atoms with Gasteiger partial charge in [-0.15, -0.1) is 23.1 Å². The highest BCUT2D eigenvalue weighted by Gasteiger charge is 2.30. The summed E-state index contributed by atoms with van der Waals surface area (Å²) in [6, 6.07) is 0. The van der Waals surface area contributed by atoms with E-state index in [0.717, 1.165) is 17.6 Å². The molecule has 6 nitrogen and oxygen atoms in total. The highest BCUT2D eigenvalue weighted by atomic mass is 32.2. The summed E-state index contributed by atoms with van der Waals surface area (Å²) in [5.74, 6) is -0.837. The third-order valence-electron chi connectivity index (χ3n) is 2.24. The number of carboxylic acids is 1. The average Bonchev–Trinajstić information content (AvgIpc) is 2.72. The number of rotatable bonds is 7. The van der Waals surface area contributed by atoms with Crippen LogP contribution in [0.3, 0.4) is 0 Å². The molecular formula is C11H16N2O4S2. The van der Waals surface area contributed by atoms with Crippen LogP contribution in [0.15, 0.2) is 5.38 Å². The molecular weight excluding hydrogens is 288 g/mol. The first-order valence-corrected chi connectivity index (χ1v) is 7.56. The summed E-state index contributed by atoms with van der Waals surface area (Å²) in [5, 5.41) is 23.4. The van der Waals surface area contributed by atoms with Gasteiger partial charge in [0.05, 0.1) is 23.0 Å². The predicted molar refractivity (Wildman–Crippen MR) is 74.3 cm³/mol. The number of thiazole rings is 1. The molecule has 8 heteroatoms. The van der Waals surface area contributed by atoms with Crippen molar-refractivity contribution >= 4 is 35.0 Å². The fourth-order valence-corrected chi connectivity index (χ4v) is 2.58. The molecule has 1 aromatic heterocycles. The molecule has 1 rings (SSSR count). The van der Waals surface area contributed by atoms with Crippen LogP contribution in [0, 0.1) is 6.92 Å². The first-order chi connectivity index (χ1) is 8.81. The topological polar surface area (TPSA) is 99.5 Å². The second-order valence-electron chi connectivity index (χ2n) is 4.21. The molecule has 106 valence electrons. The number of aromatic nitrogens is 1. The Balaban J connectivity index is 2.23. The van der Waals surface area contributed by atoms with Crippen molar-refractivity contribution in [3.05, 3.63) is 16.1 Å². The van der Waals surface area contributed by atoms with Gasteiger partial charge in [-0.05, 0) is 13.8 Å². The van der Waals surface area contributed by atoms with Gasteiger partial charge in [-0.1, -0.05) is 0 Å². The van der Waals surface area contributed by atoms with Crippen molar-refractivity contribution in [2.75, 3.05) is 12.3 Å². The molecule has 1 unspecified atom stereocenters. The Morgan fingerprint density at radius 2 is 2.26 bits per heavy atom. The minimum Gasteiger partial charge on any atom is -0.479 e. The maximum absolute atomic E-state index is 11.5. The van der Waals surface area contributed by atoms with Crippen LogP contribution in [0.4, 0.5) is 0 Å². The lowest BCUT2D eigenvalue weighted by atomic mass is 10.1. The van der Waals surface area contributed by atoms with E-state index in [1.807, 2.05) is 12.3 Å². The number of carbonyl (C=O) groups is 2. The van der Waals surface area contributed by atoms with E-state index in [1.54, 1.807) is 11.3 Å². The van der Waals surface area contributed by atoms with E-state index in [1.165, 1.54) is 11.8 Å². The van der Waals surface area contributed by atoms with E-state index in [-0.39, 0.29) is 18.2 Å². The number of carbonyl (C=O) groups excluding carboxylic acids is 1. The number of hydrogen-bond acceptors (Lipinski definition) is 6. The van der Waals surface area contributed by atoms with E-state index >= 15 is 0 Å². The Kier molecular flexibility index (Phi) is 5.77. The van der Waals surface area contributed by atoms with Crippen molar-refractivity contribution in [1.29, 1.82) is 0 Å². The van der Waals surface area contributed by atoms with Crippen LogP contribution in [0.2, 0.25) is 0 Å². The normalized spacial score (nSPS) is 13.8. The minimum atomic E-state index is -1.94. The van der Waals surface area contributed by atoms with Crippen molar-refractivity contribution in [1.82, 2.24) is 10.3 Å². The molecule has 0 spiro atoms. The van der Waals surface area contributed by atoms with Crippen molar-refractivity contribution < 1.29 is 19.8 Å². The molecule has 0 bridgehead atoms. The van der Waals surface area contributed by atoms with Gasteiger partial charge >= 0.3 is 5.97 Å². The highest BCUT2D eigenvalue weighted by Crippen LogP contribution is 2.14. The average molecular weight is 304 g/mol. The van der Waals surface area contributed by atoms with Crippen LogP contribution in [0.25, 0.3) is 0 Å². The number of aliphatic hydroxyl groups is 1. The Bertz CT molecular complexity index is 459. The maximum Gasteiger partial charge on any atom is 0.337 e. The Morgan fingerprint density at radius 3 is 2.79 bits per heavy atom. The monoisotopic (exact) mass is 304 g/mol. The third kappa shape index (κ3) is 5.58. The summed E-state index contributed by atoms with van der Waals surface area (Å²) < 4.78 is 0. The predicted octanol–water partition coefficient (Wildman–Crippen LogP) is 0.637. The van der Waals surface area contributed by atoms with Crippen molar-refractivity contribution in [3.8, 4) is 0 Å². The van der Waals surface area contributed by atoms with Crippen LogP contribution in [0.1, 0.15) is 17.6 Å². The molecule has 0 aromatic carbocycles. The summed E-state index contributed by atoms with van der Waals surface area (Å²) in [6.07, 6.45) is 0. The fourth-order valence-electron chi connectivity index (χ4n) is 1.12. The summed E-state index contributed by atoms with van der Waals surface area (Å²) >= 11 is 2.95. The number of nitrogens with zero attached hydrogens (tertiary/aromatic N) is 1. The Morgan fingerprint density at radius 1 is 1.58 bits per heavy atom. The Hall–Kier alpha value is -1.12. The van der Waals surface area contributed by atoms with Gasteiger partial charge in [0.1, 0.15) is 0 Å². The smallest absolute Gasteiger partial charge is 0.337 e. The zero-order valence-electron chi connectivity index (χ0n) is 10.7. The third-order valence-corrected chi connectivity index (χ3v) is 4.03. The van der Waals surface area contributed by atoms with Crippen LogP contribution >= 0.6 is 23.1 Å². The van der Waals surface area contributed by atoms with Gasteiger partial charge in [-0.25, -0.2) is 9.78 Å². The van der Waals surface area contributed by atoms with E-state index < -0.39 is 11.6 Å². The summed E-state index contributed by atoms with van der Waals surface area (Å²) in [4.78, 5) is 26.3. The van der Waals surface area contributed by atoms with Crippen molar-refractivity contribution in [3.63, 3.8) is 0 Å². The second kappa shape index (κ2) is 6.88. The second-order valence-corrected chi connectivity index (χ2v) is 6.25. The molecule has 1 amide bonds. The first kappa shape index (κ1) is 15.9. The standard InChI is InChI=1S/C11H16N2O4S2/c1-7-13-8(4-19-7)3-18-5-9(14)12-6-11(2,17)10(15)16/h4,17H,3,5-6H2,1-2H3,(H,12,14)(H,15,16). The van der Waals surface area contributed by atoms with Gasteiger partial charge in [0.25, 0.3) is 0 Å². The molecule has 0 aliphatic carbocycles. The number of carboxylic acid groups (broad SMARTS) is 1. The van der Waals surface area contributed by atoms with Gasteiger partial charge in [-0.2, -0.15) is 0 Å². The Labute approximate surface area is 119 Å². The SMILES string of the molecule is Cc1nc(CSCC(=O)NCC(C)(O)C(=O)O)cs1. The largest absolute Gasteiger partial charge is 0.479 e. The number of amides is 1. The van der Waals surface area contributed by atoms with Crippen molar-refractivity contribution in [2.24, 2.45) is 0 Å². The van der Waals surface area contributed by atoms with E-state index in [4.69, 9.17) is 5.11 Å². The van der Waals surface area contributed by atoms with Gasteiger partial charge in [0.2, 0.25) is 5.91 Å². The first-order valence-electron chi connectivity index (χ1n) is 5.52. The molecule has 1 heterocycles. The van der Waals surface area contributed by atoms with Crippen LogP contribution in [-0.2, 0) is 15.3 Å². The van der Waals surface area contributed by atoms with Gasteiger partial charge in [0, 0.05) is 11.1 Å². The maximum atomic E-state index is 11.5. The molecule has 0 saturated carbocycles. The van der Waals surface area contributed by atoms with Crippen LogP contribution in [-0.4, -0.2) is 45.0 Å². The lowest BCUT2D eigenvalue weighted by Crippen LogP contribution is -2.46. The highest BCUT2D eigenvalue weighted by molar-refractivity contribution is 7.99. The fraction of sp³-hybridized carbons (Fsp3) is 0.545. The molecule has 1 atom stereocenters. The number of hydrogen-bond donors (Lipinski definition) is 3. The lowest BCUT2D eigenvalue weighted by Gasteiger charge is -2.18. The quantitative estimate of drug-likeness (QED) is 0.683. The molecule has 0 radical (unpaired) electrons. The minimum absolute atomic E-state index is 0.201. The molecule has 0 aliphatic heterocycles. The van der Waals surface area contributed by atoms with Gasteiger partial charge in [0.15, 0.2) is 5.60 Å². The summed E-state index contributed by atoms with van der Waals surface area (Å²) in [5.41, 5.74) is -1.01. The lowest BCUT2D eigenvalue weighted by molar-refractivity contribution is -0.156.